The lowest BCUT2D eigenvalue weighted by molar-refractivity contribution is 0.408. The molecule has 1 saturated heterocycles. The Balaban J connectivity index is 1.82. The molecule has 0 spiro atoms. The van der Waals surface area contributed by atoms with Crippen molar-refractivity contribution in [3.8, 4) is 5.75 Å². The number of benzene rings is 2. The molecular formula is C26H28N2O. The van der Waals surface area contributed by atoms with E-state index < -0.39 is 0 Å². The molecule has 29 heavy (non-hydrogen) atoms. The fourth-order valence-corrected chi connectivity index (χ4v) is 4.37. The molecule has 1 aliphatic heterocycles. The first kappa shape index (κ1) is 19.3. The minimum Gasteiger partial charge on any atom is -0.496 e. The summed E-state index contributed by atoms with van der Waals surface area (Å²) >= 11 is 0. The number of nitrogens with zero attached hydrogens (tertiary/aromatic N) is 1. The molecule has 1 N–H and O–H groups in total. The van der Waals surface area contributed by atoms with E-state index in [2.05, 4.69) is 55.1 Å². The van der Waals surface area contributed by atoms with Gasteiger partial charge in [-0.05, 0) is 96.5 Å². The Morgan fingerprint density at radius 2 is 1.45 bits per heavy atom. The molecular weight excluding hydrogens is 356 g/mol. The summed E-state index contributed by atoms with van der Waals surface area (Å²) in [5.41, 5.74) is 8.76. The first-order chi connectivity index (χ1) is 14.1. The van der Waals surface area contributed by atoms with Gasteiger partial charge in [-0.2, -0.15) is 0 Å². The number of hydrogen-bond acceptors (Lipinski definition) is 3. The third kappa shape index (κ3) is 3.91. The van der Waals surface area contributed by atoms with Crippen LogP contribution >= 0.6 is 0 Å². The molecule has 2 aliphatic rings. The van der Waals surface area contributed by atoms with E-state index in [4.69, 9.17) is 10.1 Å². The highest BCUT2D eigenvalue weighted by molar-refractivity contribution is 6.05. The van der Waals surface area contributed by atoms with Crippen LogP contribution in [0.15, 0.2) is 66.3 Å². The Kier molecular flexibility index (Phi) is 5.39. The third-order valence-corrected chi connectivity index (χ3v) is 5.75. The summed E-state index contributed by atoms with van der Waals surface area (Å²) in [7, 11) is 1.73. The van der Waals surface area contributed by atoms with Crippen LogP contribution in [-0.4, -0.2) is 25.9 Å². The Morgan fingerprint density at radius 3 is 2.00 bits per heavy atom. The van der Waals surface area contributed by atoms with Crippen molar-refractivity contribution in [3.05, 3.63) is 88.5 Å². The Labute approximate surface area is 173 Å². The largest absolute Gasteiger partial charge is 0.496 e. The Morgan fingerprint density at radius 1 is 0.862 bits per heavy atom. The molecule has 0 unspecified atom stereocenters. The van der Waals surface area contributed by atoms with E-state index >= 15 is 0 Å². The average molecular weight is 385 g/mol. The molecule has 2 aromatic rings. The van der Waals surface area contributed by atoms with Crippen molar-refractivity contribution in [1.29, 1.82) is 5.41 Å². The molecule has 148 valence electrons. The van der Waals surface area contributed by atoms with Crippen molar-refractivity contribution in [2.24, 2.45) is 0 Å². The van der Waals surface area contributed by atoms with Crippen molar-refractivity contribution >= 4 is 17.0 Å². The van der Waals surface area contributed by atoms with E-state index in [0.717, 1.165) is 35.5 Å². The van der Waals surface area contributed by atoms with Crippen LogP contribution in [-0.2, 0) is 0 Å². The lowest BCUT2D eigenvalue weighted by Gasteiger charge is -2.20. The first-order valence-corrected chi connectivity index (χ1v) is 10.3. The molecule has 3 heteroatoms. The maximum atomic E-state index is 7.86. The number of methoxy groups -OCH3 is 1. The molecule has 0 amide bonds. The Bertz CT molecular complexity index is 978. The van der Waals surface area contributed by atoms with Gasteiger partial charge in [-0.1, -0.05) is 24.3 Å². The summed E-state index contributed by atoms with van der Waals surface area (Å²) in [6.45, 7) is 6.49. The van der Waals surface area contributed by atoms with Gasteiger partial charge in [0.1, 0.15) is 5.75 Å². The highest BCUT2D eigenvalue weighted by atomic mass is 16.5. The molecule has 0 saturated carbocycles. The minimum absolute atomic E-state index is 0.527. The van der Waals surface area contributed by atoms with Gasteiger partial charge in [0.2, 0.25) is 0 Å². The second-order valence-corrected chi connectivity index (χ2v) is 7.84. The van der Waals surface area contributed by atoms with E-state index in [1.807, 2.05) is 24.3 Å². The highest BCUT2D eigenvalue weighted by Crippen LogP contribution is 2.35. The maximum absolute atomic E-state index is 7.86. The summed E-state index contributed by atoms with van der Waals surface area (Å²) in [6.07, 6.45) is 10.4. The van der Waals surface area contributed by atoms with Gasteiger partial charge in [-0.25, -0.2) is 0 Å². The molecule has 2 aromatic carbocycles. The number of ether oxygens (including phenoxy) is 1. The van der Waals surface area contributed by atoms with Crippen LogP contribution in [0.5, 0.6) is 5.75 Å². The SMILES string of the molecule is COc1c(C)cc(C(=C2C=CC(=N)C=C2)c2ccc(N3CCCC3)cc2)cc1C. The van der Waals surface area contributed by atoms with Gasteiger partial charge in [0.25, 0.3) is 0 Å². The topological polar surface area (TPSA) is 36.3 Å². The molecule has 4 rings (SSSR count). The third-order valence-electron chi connectivity index (χ3n) is 5.75. The number of hydrogen-bond donors (Lipinski definition) is 1. The zero-order valence-corrected chi connectivity index (χ0v) is 17.5. The highest BCUT2D eigenvalue weighted by Gasteiger charge is 2.16. The molecule has 0 aromatic heterocycles. The fraction of sp³-hybridized carbons (Fsp3) is 0.269. The number of allylic oxidation sites excluding steroid dienone is 5. The Hall–Kier alpha value is -3.07. The summed E-state index contributed by atoms with van der Waals surface area (Å²) in [5, 5.41) is 7.86. The number of rotatable bonds is 4. The van der Waals surface area contributed by atoms with Gasteiger partial charge in [0, 0.05) is 18.8 Å². The van der Waals surface area contributed by atoms with Crippen LogP contribution in [0.1, 0.15) is 35.1 Å². The number of anilines is 1. The van der Waals surface area contributed by atoms with Crippen LogP contribution < -0.4 is 9.64 Å². The molecule has 1 aliphatic carbocycles. The van der Waals surface area contributed by atoms with Gasteiger partial charge in [-0.3, -0.25) is 0 Å². The molecule has 0 radical (unpaired) electrons. The van der Waals surface area contributed by atoms with E-state index in [0.29, 0.717) is 5.71 Å². The van der Waals surface area contributed by atoms with E-state index in [-0.39, 0.29) is 0 Å². The van der Waals surface area contributed by atoms with Crippen LogP contribution in [0.3, 0.4) is 0 Å². The first-order valence-electron chi connectivity index (χ1n) is 10.3. The summed E-state index contributed by atoms with van der Waals surface area (Å²) in [6, 6.07) is 13.3. The zero-order chi connectivity index (χ0) is 20.4. The predicted octanol–water partition coefficient (Wildman–Crippen LogP) is 5.86. The van der Waals surface area contributed by atoms with Crippen molar-refractivity contribution < 1.29 is 4.74 Å². The lowest BCUT2D eigenvalue weighted by atomic mass is 9.89. The fourth-order valence-electron chi connectivity index (χ4n) is 4.37. The monoisotopic (exact) mass is 384 g/mol. The summed E-state index contributed by atoms with van der Waals surface area (Å²) in [5.74, 6) is 0.944. The van der Waals surface area contributed by atoms with E-state index in [1.54, 1.807) is 7.11 Å². The van der Waals surface area contributed by atoms with Crippen LogP contribution in [0.2, 0.25) is 0 Å². The van der Waals surface area contributed by atoms with Crippen LogP contribution in [0, 0.1) is 19.3 Å². The number of aryl methyl sites for hydroxylation is 2. The minimum atomic E-state index is 0.527. The smallest absolute Gasteiger partial charge is 0.124 e. The molecule has 1 fully saturated rings. The van der Waals surface area contributed by atoms with Crippen molar-refractivity contribution in [3.63, 3.8) is 0 Å². The standard InChI is InChI=1S/C26H28N2O/c1-18-16-22(17-19(2)26(18)29-3)25(20-6-10-23(27)11-7-20)21-8-12-24(13-9-21)28-14-4-5-15-28/h6-13,16-17,27H,4-5,14-15H2,1-3H3. The van der Waals surface area contributed by atoms with Gasteiger partial charge in [-0.15, -0.1) is 0 Å². The molecule has 1 heterocycles. The molecule has 0 bridgehead atoms. The maximum Gasteiger partial charge on any atom is 0.124 e. The van der Waals surface area contributed by atoms with Crippen molar-refractivity contribution in [2.75, 3.05) is 25.1 Å². The summed E-state index contributed by atoms with van der Waals surface area (Å²) in [4.78, 5) is 2.46. The van der Waals surface area contributed by atoms with Gasteiger partial charge >= 0.3 is 0 Å². The summed E-state index contributed by atoms with van der Waals surface area (Å²) < 4.78 is 5.57. The average Bonchev–Trinajstić information content (AvgIpc) is 3.25. The number of nitrogens with one attached hydrogen (secondary N) is 1. The molecule has 0 atom stereocenters. The van der Waals surface area contributed by atoms with E-state index in [9.17, 15) is 0 Å². The molecule has 3 nitrogen and oxygen atoms in total. The van der Waals surface area contributed by atoms with Gasteiger partial charge in [0.05, 0.1) is 12.8 Å². The van der Waals surface area contributed by atoms with Gasteiger partial charge < -0.3 is 15.0 Å². The van der Waals surface area contributed by atoms with Crippen LogP contribution in [0.25, 0.3) is 5.57 Å². The van der Waals surface area contributed by atoms with Crippen molar-refractivity contribution in [2.45, 2.75) is 26.7 Å². The lowest BCUT2D eigenvalue weighted by Crippen LogP contribution is -2.17. The van der Waals surface area contributed by atoms with Crippen molar-refractivity contribution in [1.82, 2.24) is 0 Å². The van der Waals surface area contributed by atoms with E-state index in [1.165, 1.54) is 35.2 Å². The predicted molar refractivity (Wildman–Crippen MR) is 122 cm³/mol. The second-order valence-electron chi connectivity index (χ2n) is 7.84. The normalized spacial score (nSPS) is 15.9. The quantitative estimate of drug-likeness (QED) is 0.717. The van der Waals surface area contributed by atoms with Gasteiger partial charge in [0.15, 0.2) is 0 Å². The zero-order valence-electron chi connectivity index (χ0n) is 17.5. The second kappa shape index (κ2) is 8.12. The van der Waals surface area contributed by atoms with Crippen LogP contribution in [0.4, 0.5) is 5.69 Å².